The normalized spacial score (nSPS) is 18.2. The molecule has 1 atom stereocenters. The monoisotopic (exact) mass is 562 g/mol. The molecule has 4 heterocycles. The van der Waals surface area contributed by atoms with Gasteiger partial charge in [-0.3, -0.25) is 4.31 Å². The molecule has 1 unspecified atom stereocenters. The van der Waals surface area contributed by atoms with Gasteiger partial charge in [0.05, 0.1) is 42.1 Å². The molecule has 10 nitrogen and oxygen atoms in total. The Morgan fingerprint density at radius 2 is 1.95 bits per heavy atom. The van der Waals surface area contributed by atoms with Crippen molar-refractivity contribution in [3.05, 3.63) is 60.3 Å². The van der Waals surface area contributed by atoms with Gasteiger partial charge in [-0.15, -0.1) is 5.10 Å². The van der Waals surface area contributed by atoms with Gasteiger partial charge in [0.2, 0.25) is 16.0 Å². The minimum absolute atomic E-state index is 0.140. The summed E-state index contributed by atoms with van der Waals surface area (Å²) in [4.78, 5) is 4.53. The summed E-state index contributed by atoms with van der Waals surface area (Å²) in [6, 6.07) is 15.2. The molecule has 1 saturated heterocycles. The minimum Gasteiger partial charge on any atom is -0.494 e. The maximum absolute atomic E-state index is 12.3. The lowest BCUT2D eigenvalue weighted by atomic mass is 9.75. The average Bonchev–Trinajstić information content (AvgIpc) is 3.36. The first-order chi connectivity index (χ1) is 19.2. The number of ether oxygens (including phenoxy) is 2. The van der Waals surface area contributed by atoms with E-state index >= 15 is 0 Å². The Morgan fingerprint density at radius 3 is 2.70 bits per heavy atom. The highest BCUT2D eigenvalue weighted by Gasteiger charge is 2.43. The van der Waals surface area contributed by atoms with Crippen LogP contribution in [0.3, 0.4) is 0 Å². The number of methoxy groups -OCH3 is 1. The number of hydrogen-bond donors (Lipinski definition) is 2. The molecule has 1 fully saturated rings. The number of fused-ring (bicyclic) bond motifs is 2. The predicted octanol–water partition coefficient (Wildman–Crippen LogP) is 4.24. The van der Waals surface area contributed by atoms with Crippen molar-refractivity contribution in [3.8, 4) is 22.8 Å². The maximum atomic E-state index is 12.3. The standard InChI is InChI=1S/C29H34N6O4S/c1-19-15-20-16-23(27(38-3)17-26(20)39-29(19)11-13-30-14-12-29)32-28-31-18-21-9-10-25(35(21)33-28)22-7-5-6-8-24(22)34(2)40(4,36)37/h5-10,16-19,30H,11-15H2,1-4H3,(H,32,33). The highest BCUT2D eigenvalue weighted by Crippen LogP contribution is 2.45. The highest BCUT2D eigenvalue weighted by molar-refractivity contribution is 7.92. The number of nitrogens with one attached hydrogen (secondary N) is 2. The Bertz CT molecular complexity index is 1680. The van der Waals surface area contributed by atoms with Gasteiger partial charge >= 0.3 is 0 Å². The molecule has 2 aliphatic rings. The fraction of sp³-hybridized carbons (Fsp3) is 0.379. The van der Waals surface area contributed by atoms with Crippen LogP contribution in [-0.2, 0) is 16.4 Å². The molecule has 0 aliphatic carbocycles. The molecule has 2 N–H and O–H groups in total. The molecule has 0 saturated carbocycles. The van der Waals surface area contributed by atoms with E-state index in [1.165, 1.54) is 10.6 Å². The Labute approximate surface area is 234 Å². The maximum Gasteiger partial charge on any atom is 0.245 e. The fourth-order valence-corrected chi connectivity index (χ4v) is 6.35. The SMILES string of the molecule is COc1cc2c(cc1Nc1ncc3ccc(-c4ccccc4N(C)S(C)(=O)=O)n3n1)CC(C)C1(CCNCC1)O2. The van der Waals surface area contributed by atoms with Crippen LogP contribution in [0.1, 0.15) is 25.3 Å². The highest BCUT2D eigenvalue weighted by atomic mass is 32.2. The van der Waals surface area contributed by atoms with Gasteiger partial charge < -0.3 is 20.1 Å². The number of anilines is 3. The van der Waals surface area contributed by atoms with Crippen LogP contribution < -0.4 is 24.4 Å². The van der Waals surface area contributed by atoms with Gasteiger partial charge in [-0.1, -0.05) is 25.1 Å². The summed E-state index contributed by atoms with van der Waals surface area (Å²) in [6.07, 6.45) is 5.82. The fourth-order valence-electron chi connectivity index (χ4n) is 5.83. The molecule has 4 aromatic rings. The molecule has 6 rings (SSSR count). The van der Waals surface area contributed by atoms with Crippen molar-refractivity contribution in [3.63, 3.8) is 0 Å². The Hall–Kier alpha value is -3.83. The van der Waals surface area contributed by atoms with Crippen LogP contribution in [-0.4, -0.2) is 62.1 Å². The van der Waals surface area contributed by atoms with E-state index in [4.69, 9.17) is 14.6 Å². The zero-order valence-corrected chi connectivity index (χ0v) is 24.0. The number of hydrogen-bond acceptors (Lipinski definition) is 8. The summed E-state index contributed by atoms with van der Waals surface area (Å²) in [5.74, 6) is 2.30. The van der Waals surface area contributed by atoms with E-state index in [0.717, 1.165) is 66.1 Å². The topological polar surface area (TPSA) is 110 Å². The van der Waals surface area contributed by atoms with Gasteiger partial charge in [0.25, 0.3) is 0 Å². The van der Waals surface area contributed by atoms with Crippen LogP contribution >= 0.6 is 0 Å². The van der Waals surface area contributed by atoms with Crippen LogP contribution in [0, 0.1) is 5.92 Å². The molecule has 11 heteroatoms. The largest absolute Gasteiger partial charge is 0.494 e. The lowest BCUT2D eigenvalue weighted by molar-refractivity contribution is -0.0256. The van der Waals surface area contributed by atoms with E-state index in [1.807, 2.05) is 36.4 Å². The summed E-state index contributed by atoms with van der Waals surface area (Å²) >= 11 is 0. The zero-order valence-electron chi connectivity index (χ0n) is 23.1. The summed E-state index contributed by atoms with van der Waals surface area (Å²) < 4.78 is 40.1. The Morgan fingerprint density at radius 1 is 1.18 bits per heavy atom. The molecular weight excluding hydrogens is 528 g/mol. The van der Waals surface area contributed by atoms with Crippen LogP contribution in [0.15, 0.2) is 54.7 Å². The molecule has 2 aromatic heterocycles. The van der Waals surface area contributed by atoms with E-state index in [2.05, 4.69) is 28.6 Å². The van der Waals surface area contributed by atoms with Crippen LogP contribution in [0.5, 0.6) is 11.5 Å². The molecule has 0 radical (unpaired) electrons. The molecule has 2 aliphatic heterocycles. The lowest BCUT2D eigenvalue weighted by Crippen LogP contribution is -2.53. The number of sulfonamides is 1. The lowest BCUT2D eigenvalue weighted by Gasteiger charge is -2.46. The van der Waals surface area contributed by atoms with Crippen molar-refractivity contribution >= 4 is 32.9 Å². The number of rotatable bonds is 6. The molecule has 210 valence electrons. The van der Waals surface area contributed by atoms with Crippen LogP contribution in [0.4, 0.5) is 17.3 Å². The summed E-state index contributed by atoms with van der Waals surface area (Å²) in [6.45, 7) is 4.20. The second-order valence-corrected chi connectivity index (χ2v) is 12.7. The first-order valence-corrected chi connectivity index (χ1v) is 15.3. The van der Waals surface area contributed by atoms with Gasteiger partial charge in [0.1, 0.15) is 17.1 Å². The number of para-hydroxylation sites is 1. The summed E-state index contributed by atoms with van der Waals surface area (Å²) in [7, 11) is -0.260. The minimum atomic E-state index is -3.45. The first kappa shape index (κ1) is 26.4. The second-order valence-electron chi connectivity index (χ2n) is 10.7. The van der Waals surface area contributed by atoms with E-state index in [-0.39, 0.29) is 5.60 Å². The molecular formula is C29H34N6O4S. The second kappa shape index (κ2) is 9.97. The number of benzene rings is 2. The van der Waals surface area contributed by atoms with Gasteiger partial charge in [-0.25, -0.2) is 17.9 Å². The van der Waals surface area contributed by atoms with E-state index in [1.54, 1.807) is 30.9 Å². The van der Waals surface area contributed by atoms with Crippen molar-refractivity contribution in [2.75, 3.05) is 43.1 Å². The molecule has 0 amide bonds. The van der Waals surface area contributed by atoms with Gasteiger partial charge in [-0.05, 0) is 62.2 Å². The molecule has 40 heavy (non-hydrogen) atoms. The predicted molar refractivity (Wildman–Crippen MR) is 156 cm³/mol. The quantitative estimate of drug-likeness (QED) is 0.359. The van der Waals surface area contributed by atoms with E-state index in [0.29, 0.717) is 23.3 Å². The summed E-state index contributed by atoms with van der Waals surface area (Å²) in [5.41, 5.74) is 4.57. The van der Waals surface area contributed by atoms with Gasteiger partial charge in [-0.2, -0.15) is 0 Å². The van der Waals surface area contributed by atoms with Crippen molar-refractivity contribution in [2.45, 2.75) is 31.8 Å². The van der Waals surface area contributed by atoms with Gasteiger partial charge in [0.15, 0.2) is 0 Å². The third-order valence-electron chi connectivity index (χ3n) is 8.23. The molecule has 0 bridgehead atoms. The van der Waals surface area contributed by atoms with Gasteiger partial charge in [0, 0.05) is 24.6 Å². The van der Waals surface area contributed by atoms with Crippen LogP contribution in [0.2, 0.25) is 0 Å². The zero-order chi connectivity index (χ0) is 28.1. The number of nitrogens with zero attached hydrogens (tertiary/aromatic N) is 4. The van der Waals surface area contributed by atoms with Crippen molar-refractivity contribution in [1.29, 1.82) is 0 Å². The smallest absolute Gasteiger partial charge is 0.245 e. The first-order valence-electron chi connectivity index (χ1n) is 13.4. The number of piperidine rings is 1. The third-order valence-corrected chi connectivity index (χ3v) is 9.42. The molecule has 2 aromatic carbocycles. The van der Waals surface area contributed by atoms with Crippen molar-refractivity contribution in [1.82, 2.24) is 19.9 Å². The third kappa shape index (κ3) is 4.62. The Kier molecular flexibility index (Phi) is 6.58. The Balaban J connectivity index is 1.35. The van der Waals surface area contributed by atoms with Crippen molar-refractivity contribution in [2.24, 2.45) is 5.92 Å². The average molecular weight is 563 g/mol. The molecule has 1 spiro atoms. The van der Waals surface area contributed by atoms with E-state index < -0.39 is 10.0 Å². The van der Waals surface area contributed by atoms with Crippen molar-refractivity contribution < 1.29 is 17.9 Å². The van der Waals surface area contributed by atoms with E-state index in [9.17, 15) is 8.42 Å². The van der Waals surface area contributed by atoms with Crippen LogP contribution in [0.25, 0.3) is 16.8 Å². The number of aromatic nitrogens is 3. The summed E-state index contributed by atoms with van der Waals surface area (Å²) in [5, 5.41) is 11.6.